The third-order valence-corrected chi connectivity index (χ3v) is 6.33. The Hall–Kier alpha value is -3.00. The Balaban J connectivity index is 1.85. The normalized spacial score (nSPS) is 16.4. The molecule has 0 amide bonds. The summed E-state index contributed by atoms with van der Waals surface area (Å²) in [6.45, 7) is 3.85. The molecule has 0 spiro atoms. The van der Waals surface area contributed by atoms with Crippen LogP contribution in [-0.4, -0.2) is 33.3 Å². The minimum absolute atomic E-state index is 0.0606. The Morgan fingerprint density at radius 3 is 2.68 bits per heavy atom. The first-order valence-corrected chi connectivity index (χ1v) is 10.2. The standard InChI is InChI=1S/C20H20N2O5S/c1-13-10-19(27-21-13)15-8-9-18(25-3)20(11-15)28(23,24)22-12-14(2)26-17-7-5-4-6-16(17)22/h4-11,14H,12H2,1-3H3/t14-/m0/s1. The number of para-hydroxylation sites is 2. The lowest BCUT2D eigenvalue weighted by Gasteiger charge is -2.34. The van der Waals surface area contributed by atoms with E-state index in [4.69, 9.17) is 14.0 Å². The summed E-state index contributed by atoms with van der Waals surface area (Å²) < 4.78 is 45.0. The third-order valence-electron chi connectivity index (χ3n) is 4.53. The summed E-state index contributed by atoms with van der Waals surface area (Å²) in [5.41, 5.74) is 1.82. The zero-order valence-electron chi connectivity index (χ0n) is 15.7. The molecule has 1 aromatic heterocycles. The van der Waals surface area contributed by atoms with Crippen LogP contribution in [-0.2, 0) is 10.0 Å². The molecule has 0 N–H and O–H groups in total. The fourth-order valence-corrected chi connectivity index (χ4v) is 4.96. The van der Waals surface area contributed by atoms with Gasteiger partial charge in [0, 0.05) is 11.6 Å². The van der Waals surface area contributed by atoms with Gasteiger partial charge in [0.25, 0.3) is 10.0 Å². The van der Waals surface area contributed by atoms with Crippen molar-refractivity contribution in [3.05, 3.63) is 54.2 Å². The Kier molecular flexibility index (Phi) is 4.50. The highest BCUT2D eigenvalue weighted by molar-refractivity contribution is 7.93. The van der Waals surface area contributed by atoms with Gasteiger partial charge in [-0.3, -0.25) is 4.31 Å². The molecule has 1 aliphatic rings. The number of anilines is 1. The van der Waals surface area contributed by atoms with Crippen LogP contribution in [0.4, 0.5) is 5.69 Å². The smallest absolute Gasteiger partial charge is 0.268 e. The maximum absolute atomic E-state index is 13.6. The van der Waals surface area contributed by atoms with Crippen LogP contribution < -0.4 is 13.8 Å². The molecule has 2 aromatic carbocycles. The third kappa shape index (κ3) is 3.09. The number of fused-ring (bicyclic) bond motifs is 1. The van der Waals surface area contributed by atoms with Crippen LogP contribution in [0, 0.1) is 6.92 Å². The number of ether oxygens (including phenoxy) is 2. The summed E-state index contributed by atoms with van der Waals surface area (Å²) in [5, 5.41) is 3.87. The molecule has 2 heterocycles. The molecule has 0 unspecified atom stereocenters. The largest absolute Gasteiger partial charge is 0.495 e. The zero-order valence-corrected chi connectivity index (χ0v) is 16.6. The van der Waals surface area contributed by atoms with Crippen molar-refractivity contribution in [3.63, 3.8) is 0 Å². The average molecular weight is 400 g/mol. The molecular weight excluding hydrogens is 380 g/mol. The summed E-state index contributed by atoms with van der Waals surface area (Å²) in [7, 11) is -2.46. The molecule has 1 atom stereocenters. The lowest BCUT2D eigenvalue weighted by molar-refractivity contribution is 0.219. The predicted molar refractivity (Wildman–Crippen MR) is 104 cm³/mol. The van der Waals surface area contributed by atoms with Gasteiger partial charge in [0.05, 0.1) is 25.0 Å². The second kappa shape index (κ2) is 6.87. The van der Waals surface area contributed by atoms with E-state index in [1.54, 1.807) is 49.4 Å². The van der Waals surface area contributed by atoms with Crippen molar-refractivity contribution in [3.8, 4) is 22.8 Å². The predicted octanol–water partition coefficient (Wildman–Crippen LogP) is 3.63. The van der Waals surface area contributed by atoms with Gasteiger partial charge >= 0.3 is 0 Å². The van der Waals surface area contributed by atoms with Crippen molar-refractivity contribution in [1.82, 2.24) is 5.16 Å². The van der Waals surface area contributed by atoms with Gasteiger partial charge in [-0.2, -0.15) is 0 Å². The van der Waals surface area contributed by atoms with Crippen molar-refractivity contribution in [2.75, 3.05) is 18.0 Å². The summed E-state index contributed by atoms with van der Waals surface area (Å²) in [4.78, 5) is 0.0606. The summed E-state index contributed by atoms with van der Waals surface area (Å²) in [6.07, 6.45) is -0.282. The van der Waals surface area contributed by atoms with Crippen LogP contribution in [0.1, 0.15) is 12.6 Å². The van der Waals surface area contributed by atoms with Crippen molar-refractivity contribution in [2.45, 2.75) is 24.8 Å². The summed E-state index contributed by atoms with van der Waals surface area (Å²) >= 11 is 0. The number of aromatic nitrogens is 1. The molecule has 28 heavy (non-hydrogen) atoms. The van der Waals surface area contributed by atoms with Gasteiger partial charge in [0.15, 0.2) is 5.76 Å². The number of benzene rings is 2. The molecular formula is C20H20N2O5S. The average Bonchev–Trinajstić information content (AvgIpc) is 3.13. The van der Waals surface area contributed by atoms with Gasteiger partial charge in [-0.1, -0.05) is 17.3 Å². The van der Waals surface area contributed by atoms with Crippen LogP contribution in [0.3, 0.4) is 0 Å². The SMILES string of the molecule is COc1ccc(-c2cc(C)no2)cc1S(=O)(=O)N1C[C@H](C)Oc2ccccc21. The summed E-state index contributed by atoms with van der Waals surface area (Å²) in [6, 6.07) is 13.8. The second-order valence-corrected chi connectivity index (χ2v) is 8.46. The van der Waals surface area contributed by atoms with Gasteiger partial charge in [0.1, 0.15) is 22.5 Å². The van der Waals surface area contributed by atoms with E-state index in [2.05, 4.69) is 5.16 Å². The van der Waals surface area contributed by atoms with Gasteiger partial charge in [-0.25, -0.2) is 8.42 Å². The first-order valence-electron chi connectivity index (χ1n) is 8.80. The maximum atomic E-state index is 13.6. The Morgan fingerprint density at radius 1 is 1.18 bits per heavy atom. The molecule has 1 aliphatic heterocycles. The molecule has 0 aliphatic carbocycles. The zero-order chi connectivity index (χ0) is 19.9. The van der Waals surface area contributed by atoms with E-state index >= 15 is 0 Å². The van der Waals surface area contributed by atoms with Gasteiger partial charge in [-0.15, -0.1) is 0 Å². The van der Waals surface area contributed by atoms with Crippen LogP contribution >= 0.6 is 0 Å². The Morgan fingerprint density at radius 2 is 1.96 bits per heavy atom. The lowest BCUT2D eigenvalue weighted by Crippen LogP contribution is -2.42. The van der Waals surface area contributed by atoms with Crippen LogP contribution in [0.5, 0.6) is 11.5 Å². The van der Waals surface area contributed by atoms with Crippen molar-refractivity contribution >= 4 is 15.7 Å². The number of methoxy groups -OCH3 is 1. The Labute approximate surface area is 163 Å². The highest BCUT2D eigenvalue weighted by atomic mass is 32.2. The number of hydrogen-bond donors (Lipinski definition) is 0. The molecule has 0 radical (unpaired) electrons. The van der Waals surface area contributed by atoms with E-state index in [1.807, 2.05) is 13.0 Å². The van der Waals surface area contributed by atoms with E-state index in [1.165, 1.54) is 11.4 Å². The fraction of sp³-hybridized carbons (Fsp3) is 0.250. The molecule has 146 valence electrons. The van der Waals surface area contributed by atoms with Crippen molar-refractivity contribution in [2.24, 2.45) is 0 Å². The van der Waals surface area contributed by atoms with E-state index in [-0.39, 0.29) is 23.3 Å². The number of sulfonamides is 1. The first-order chi connectivity index (χ1) is 13.4. The molecule has 0 fully saturated rings. The van der Waals surface area contributed by atoms with E-state index < -0.39 is 10.0 Å². The van der Waals surface area contributed by atoms with Crippen molar-refractivity contribution < 1.29 is 22.4 Å². The number of aryl methyl sites for hydroxylation is 1. The van der Waals surface area contributed by atoms with E-state index in [0.717, 1.165) is 0 Å². The molecule has 7 nitrogen and oxygen atoms in total. The number of rotatable bonds is 4. The quantitative estimate of drug-likeness (QED) is 0.665. The molecule has 4 rings (SSSR count). The molecule has 3 aromatic rings. The monoisotopic (exact) mass is 400 g/mol. The van der Waals surface area contributed by atoms with Gasteiger partial charge in [-0.05, 0) is 44.2 Å². The van der Waals surface area contributed by atoms with Crippen LogP contribution in [0.15, 0.2) is 57.9 Å². The minimum Gasteiger partial charge on any atom is -0.495 e. The molecule has 0 bridgehead atoms. The topological polar surface area (TPSA) is 81.9 Å². The first kappa shape index (κ1) is 18.4. The van der Waals surface area contributed by atoms with Gasteiger partial charge < -0.3 is 14.0 Å². The van der Waals surface area contributed by atoms with E-state index in [9.17, 15) is 8.42 Å². The molecule has 0 saturated heterocycles. The number of nitrogens with zero attached hydrogens (tertiary/aromatic N) is 2. The lowest BCUT2D eigenvalue weighted by atomic mass is 10.1. The van der Waals surface area contributed by atoms with Gasteiger partial charge in [0.2, 0.25) is 0 Å². The van der Waals surface area contributed by atoms with Crippen LogP contribution in [0.25, 0.3) is 11.3 Å². The highest BCUT2D eigenvalue weighted by Gasteiger charge is 2.35. The highest BCUT2D eigenvalue weighted by Crippen LogP contribution is 2.39. The summed E-state index contributed by atoms with van der Waals surface area (Å²) in [5.74, 6) is 1.29. The Bertz CT molecular complexity index is 1120. The molecule has 8 heteroatoms. The number of hydrogen-bond acceptors (Lipinski definition) is 6. The fourth-order valence-electron chi connectivity index (χ4n) is 3.23. The minimum atomic E-state index is -3.91. The van der Waals surface area contributed by atoms with Crippen LogP contribution in [0.2, 0.25) is 0 Å². The molecule has 0 saturated carbocycles. The second-order valence-electron chi connectivity index (χ2n) is 6.63. The maximum Gasteiger partial charge on any atom is 0.268 e. The van der Waals surface area contributed by atoms with Crippen molar-refractivity contribution in [1.29, 1.82) is 0 Å². The van der Waals surface area contributed by atoms with E-state index in [0.29, 0.717) is 28.5 Å².